The van der Waals surface area contributed by atoms with Gasteiger partial charge in [0.05, 0.1) is 19.9 Å². The van der Waals surface area contributed by atoms with E-state index in [1.54, 1.807) is 21.3 Å². The molecule has 30 heavy (non-hydrogen) atoms. The second-order valence-corrected chi connectivity index (χ2v) is 7.91. The molecule has 0 spiro atoms. The van der Waals surface area contributed by atoms with Gasteiger partial charge in [-0.1, -0.05) is 13.8 Å². The monoisotopic (exact) mass is 413 g/mol. The van der Waals surface area contributed by atoms with Crippen molar-refractivity contribution in [1.29, 1.82) is 0 Å². The number of fused-ring (bicyclic) bond motifs is 3. The van der Waals surface area contributed by atoms with E-state index >= 15 is 0 Å². The van der Waals surface area contributed by atoms with E-state index in [4.69, 9.17) is 9.47 Å². The van der Waals surface area contributed by atoms with E-state index < -0.39 is 0 Å². The van der Waals surface area contributed by atoms with Crippen LogP contribution in [0.25, 0.3) is 11.2 Å². The van der Waals surface area contributed by atoms with Gasteiger partial charge in [0.25, 0.3) is 5.56 Å². The van der Waals surface area contributed by atoms with Gasteiger partial charge in [0, 0.05) is 32.7 Å². The first kappa shape index (κ1) is 20.1. The van der Waals surface area contributed by atoms with Gasteiger partial charge in [-0.2, -0.15) is 4.98 Å². The van der Waals surface area contributed by atoms with Crippen LogP contribution in [0, 0.1) is 5.92 Å². The van der Waals surface area contributed by atoms with Gasteiger partial charge in [-0.15, -0.1) is 0 Å². The van der Waals surface area contributed by atoms with E-state index in [0.717, 1.165) is 12.1 Å². The Labute approximate surface area is 174 Å². The minimum Gasteiger partial charge on any atom is -0.497 e. The fraction of sp³-hybridized carbons (Fsp3) is 0.476. The summed E-state index contributed by atoms with van der Waals surface area (Å²) in [7, 11) is 4.89. The number of rotatable bonds is 6. The average Bonchev–Trinajstić information content (AvgIpc) is 3.30. The number of benzene rings is 1. The summed E-state index contributed by atoms with van der Waals surface area (Å²) in [5.41, 5.74) is 1.03. The standard InChI is InChI=1S/C21H27N5O4/c1-13(2)8-9-26-19(27)17-18(23(3)21(26)28)22-20-24(10-11-25(17)20)15-12-14(29-4)6-7-16(15)30-5/h6-7,12-13H,8-11H2,1-5H3. The first-order valence-corrected chi connectivity index (χ1v) is 10.1. The smallest absolute Gasteiger partial charge is 0.332 e. The number of nitrogens with zero attached hydrogens (tertiary/aromatic N) is 5. The highest BCUT2D eigenvalue weighted by molar-refractivity contribution is 5.79. The molecule has 160 valence electrons. The largest absolute Gasteiger partial charge is 0.497 e. The van der Waals surface area contributed by atoms with Gasteiger partial charge >= 0.3 is 5.69 Å². The zero-order chi connectivity index (χ0) is 21.6. The minimum absolute atomic E-state index is 0.285. The highest BCUT2D eigenvalue weighted by atomic mass is 16.5. The number of hydrogen-bond acceptors (Lipinski definition) is 6. The maximum Gasteiger partial charge on any atom is 0.332 e. The molecular weight excluding hydrogens is 386 g/mol. The summed E-state index contributed by atoms with van der Waals surface area (Å²) in [4.78, 5) is 32.7. The van der Waals surface area contributed by atoms with Crippen LogP contribution in [0.1, 0.15) is 20.3 Å². The third-order valence-electron chi connectivity index (χ3n) is 5.61. The molecule has 0 unspecified atom stereocenters. The van der Waals surface area contributed by atoms with E-state index in [0.29, 0.717) is 54.2 Å². The van der Waals surface area contributed by atoms with Crippen LogP contribution in [0.5, 0.6) is 11.5 Å². The lowest BCUT2D eigenvalue weighted by atomic mass is 10.1. The highest BCUT2D eigenvalue weighted by Crippen LogP contribution is 2.39. The quantitative estimate of drug-likeness (QED) is 0.616. The van der Waals surface area contributed by atoms with Crippen molar-refractivity contribution < 1.29 is 9.47 Å². The van der Waals surface area contributed by atoms with Crippen molar-refractivity contribution in [2.75, 3.05) is 25.7 Å². The molecule has 9 heteroatoms. The van der Waals surface area contributed by atoms with Crippen LogP contribution in [0.15, 0.2) is 27.8 Å². The Morgan fingerprint density at radius 3 is 2.57 bits per heavy atom. The molecule has 2 aromatic heterocycles. The lowest BCUT2D eigenvalue weighted by molar-refractivity contribution is 0.403. The van der Waals surface area contributed by atoms with Crippen LogP contribution in [0.4, 0.5) is 11.6 Å². The van der Waals surface area contributed by atoms with Crippen LogP contribution in [0.2, 0.25) is 0 Å². The maximum atomic E-state index is 13.2. The van der Waals surface area contributed by atoms with Gasteiger partial charge < -0.3 is 18.9 Å². The third-order valence-corrected chi connectivity index (χ3v) is 5.61. The van der Waals surface area contributed by atoms with Crippen molar-refractivity contribution >= 4 is 22.8 Å². The molecule has 0 fully saturated rings. The third kappa shape index (κ3) is 3.05. The van der Waals surface area contributed by atoms with Gasteiger partial charge in [-0.25, -0.2) is 4.79 Å². The number of hydrogen-bond donors (Lipinski definition) is 0. The summed E-state index contributed by atoms with van der Waals surface area (Å²) in [5.74, 6) is 2.39. The molecule has 0 amide bonds. The molecule has 1 aromatic carbocycles. The molecule has 0 atom stereocenters. The van der Waals surface area contributed by atoms with Crippen molar-refractivity contribution in [2.45, 2.75) is 33.4 Å². The number of aryl methyl sites for hydroxylation is 1. The Bertz CT molecular complexity index is 1220. The molecular formula is C21H27N5O4. The summed E-state index contributed by atoms with van der Waals surface area (Å²) in [6, 6.07) is 5.56. The Kier molecular flexibility index (Phi) is 5.05. The van der Waals surface area contributed by atoms with E-state index in [1.165, 1.54) is 9.13 Å². The molecule has 9 nitrogen and oxygen atoms in total. The van der Waals surface area contributed by atoms with Crippen molar-refractivity contribution in [3.8, 4) is 11.5 Å². The minimum atomic E-state index is -0.338. The molecule has 1 aliphatic rings. The average molecular weight is 413 g/mol. The summed E-state index contributed by atoms with van der Waals surface area (Å²) < 4.78 is 15.6. The molecule has 0 saturated carbocycles. The van der Waals surface area contributed by atoms with Gasteiger partial charge in [-0.05, 0) is 24.5 Å². The predicted octanol–water partition coefficient (Wildman–Crippen LogP) is 2.11. The highest BCUT2D eigenvalue weighted by Gasteiger charge is 2.30. The van der Waals surface area contributed by atoms with Crippen molar-refractivity contribution in [1.82, 2.24) is 18.7 Å². The number of methoxy groups -OCH3 is 2. The Balaban J connectivity index is 1.89. The Hall–Kier alpha value is -3.23. The zero-order valence-corrected chi connectivity index (χ0v) is 18.0. The first-order valence-electron chi connectivity index (χ1n) is 10.1. The molecule has 0 bridgehead atoms. The Morgan fingerprint density at radius 1 is 1.13 bits per heavy atom. The van der Waals surface area contributed by atoms with Crippen molar-refractivity contribution in [3.05, 3.63) is 39.0 Å². The summed E-state index contributed by atoms with van der Waals surface area (Å²) >= 11 is 0. The first-order chi connectivity index (χ1) is 14.4. The van der Waals surface area contributed by atoms with Crippen LogP contribution >= 0.6 is 0 Å². The van der Waals surface area contributed by atoms with E-state index in [9.17, 15) is 9.59 Å². The molecule has 3 aromatic rings. The normalized spacial score (nSPS) is 13.3. The second-order valence-electron chi connectivity index (χ2n) is 7.91. The van der Waals surface area contributed by atoms with Crippen LogP contribution in [-0.2, 0) is 20.1 Å². The maximum absolute atomic E-state index is 13.2. The number of ether oxygens (including phenoxy) is 2. The molecule has 3 heterocycles. The molecule has 0 saturated heterocycles. The van der Waals surface area contributed by atoms with Gasteiger partial charge in [0.15, 0.2) is 11.2 Å². The predicted molar refractivity (Wildman–Crippen MR) is 115 cm³/mol. The summed E-state index contributed by atoms with van der Waals surface area (Å²) in [5, 5.41) is 0. The topological polar surface area (TPSA) is 83.5 Å². The Morgan fingerprint density at radius 2 is 1.90 bits per heavy atom. The molecule has 1 aliphatic heterocycles. The van der Waals surface area contributed by atoms with Gasteiger partial charge in [0.1, 0.15) is 11.5 Å². The lowest BCUT2D eigenvalue weighted by Gasteiger charge is -2.19. The molecule has 4 rings (SSSR count). The summed E-state index contributed by atoms with van der Waals surface area (Å²) in [6.07, 6.45) is 0.759. The molecule has 0 aliphatic carbocycles. The second kappa shape index (κ2) is 7.55. The number of aromatic nitrogens is 4. The van der Waals surface area contributed by atoms with Gasteiger partial charge in [-0.3, -0.25) is 13.9 Å². The molecule has 0 N–H and O–H groups in total. The van der Waals surface area contributed by atoms with Crippen LogP contribution < -0.4 is 25.6 Å². The van der Waals surface area contributed by atoms with Crippen LogP contribution in [0.3, 0.4) is 0 Å². The fourth-order valence-electron chi connectivity index (χ4n) is 3.90. The van der Waals surface area contributed by atoms with E-state index in [1.807, 2.05) is 27.7 Å². The van der Waals surface area contributed by atoms with Gasteiger partial charge in [0.2, 0.25) is 5.95 Å². The lowest BCUT2D eigenvalue weighted by Crippen LogP contribution is -2.40. The molecule has 0 radical (unpaired) electrons. The zero-order valence-electron chi connectivity index (χ0n) is 18.0. The fourth-order valence-corrected chi connectivity index (χ4v) is 3.90. The van der Waals surface area contributed by atoms with Crippen molar-refractivity contribution in [2.24, 2.45) is 13.0 Å². The SMILES string of the molecule is COc1ccc(OC)c(N2CCn3c2nc2c3c(=O)n(CCC(C)C)c(=O)n2C)c1. The van der Waals surface area contributed by atoms with Crippen LogP contribution in [-0.4, -0.2) is 39.4 Å². The van der Waals surface area contributed by atoms with E-state index in [-0.39, 0.29) is 11.2 Å². The van der Waals surface area contributed by atoms with E-state index in [2.05, 4.69) is 18.8 Å². The number of imidazole rings is 1. The van der Waals surface area contributed by atoms with Crippen molar-refractivity contribution in [3.63, 3.8) is 0 Å². The number of anilines is 2. The summed E-state index contributed by atoms with van der Waals surface area (Å²) in [6.45, 7) is 5.76.